The van der Waals surface area contributed by atoms with Gasteiger partial charge in [-0.15, -0.1) is 12.6 Å². The van der Waals surface area contributed by atoms with Crippen LogP contribution in [0.1, 0.15) is 38.5 Å². The Morgan fingerprint density at radius 3 is 2.11 bits per heavy atom. The van der Waals surface area contributed by atoms with Crippen LogP contribution in [0.15, 0.2) is 0 Å². The first-order valence-corrected chi connectivity index (χ1v) is 8.45. The number of carbonyl (C=O) groups excluding carboxylic acids is 1. The van der Waals surface area contributed by atoms with E-state index in [0.717, 1.165) is 50.0 Å². The van der Waals surface area contributed by atoms with Gasteiger partial charge in [0.15, 0.2) is 0 Å². The minimum atomic E-state index is -0.452. The van der Waals surface area contributed by atoms with E-state index in [-0.39, 0.29) is 10.8 Å². The zero-order valence-electron chi connectivity index (χ0n) is 10.4. The van der Waals surface area contributed by atoms with Crippen molar-refractivity contribution in [1.29, 1.82) is 0 Å². The molecule has 0 radical (unpaired) electrons. The van der Waals surface area contributed by atoms with E-state index in [1.165, 1.54) is 0 Å². The van der Waals surface area contributed by atoms with Crippen LogP contribution in [-0.4, -0.2) is 28.4 Å². The van der Waals surface area contributed by atoms with Gasteiger partial charge in [0.1, 0.15) is 5.44 Å². The summed E-state index contributed by atoms with van der Waals surface area (Å²) in [6.07, 6.45) is 5.08. The first-order chi connectivity index (χ1) is 8.60. The Labute approximate surface area is 132 Å². The summed E-state index contributed by atoms with van der Waals surface area (Å²) in [6, 6.07) is 0. The number of hydrogen-bond donors (Lipinski definition) is 5. The van der Waals surface area contributed by atoms with E-state index < -0.39 is 6.09 Å². The normalized spacial score (nSPS) is 14.0. The maximum Gasteiger partial charge on any atom is 0.409 e. The van der Waals surface area contributed by atoms with Crippen LogP contribution in [0.5, 0.6) is 0 Å². The van der Waals surface area contributed by atoms with Crippen molar-refractivity contribution in [2.75, 3.05) is 11.5 Å². The lowest BCUT2D eigenvalue weighted by molar-refractivity contribution is 0.131. The van der Waals surface area contributed by atoms with Gasteiger partial charge < -0.3 is 10.1 Å². The first kappa shape index (κ1) is 18.7. The maximum atomic E-state index is 11.5. The molecule has 0 aromatic heterocycles. The van der Waals surface area contributed by atoms with E-state index in [1.807, 2.05) is 0 Å². The molecule has 18 heavy (non-hydrogen) atoms. The molecule has 3 nitrogen and oxygen atoms in total. The number of alkyl carbamates (subject to hydrolysis) is 1. The number of thiol groups is 4. The number of hydrogen-bond acceptors (Lipinski definition) is 6. The quantitative estimate of drug-likeness (QED) is 0.242. The predicted octanol–water partition coefficient (Wildman–Crippen LogP) is 3.42. The van der Waals surface area contributed by atoms with E-state index in [0.29, 0.717) is 0 Å². The molecule has 0 spiro atoms. The van der Waals surface area contributed by atoms with Crippen LogP contribution >= 0.6 is 50.5 Å². The molecule has 0 aromatic carbocycles. The van der Waals surface area contributed by atoms with Gasteiger partial charge in [0.25, 0.3) is 0 Å². The molecule has 2 atom stereocenters. The minimum Gasteiger partial charge on any atom is -0.435 e. The van der Waals surface area contributed by atoms with Gasteiger partial charge in [-0.3, -0.25) is 0 Å². The third kappa shape index (κ3) is 11.7. The average Bonchev–Trinajstić information content (AvgIpc) is 2.29. The second kappa shape index (κ2) is 12.7. The topological polar surface area (TPSA) is 38.3 Å². The number of ether oxygens (including phenoxy) is 1. The minimum absolute atomic E-state index is 0.171. The lowest BCUT2D eigenvalue weighted by atomic mass is 10.2. The Morgan fingerprint density at radius 2 is 1.56 bits per heavy atom. The predicted molar refractivity (Wildman–Crippen MR) is 90.6 cm³/mol. The fraction of sp³-hybridized carbons (Fsp3) is 0.909. The Bertz CT molecular complexity index is 199. The Kier molecular flexibility index (Phi) is 13.2. The van der Waals surface area contributed by atoms with Crippen molar-refractivity contribution in [2.45, 2.75) is 49.3 Å². The average molecular weight is 330 g/mol. The molecule has 0 aromatic rings. The second-order valence-electron chi connectivity index (χ2n) is 3.96. The van der Waals surface area contributed by atoms with Crippen LogP contribution in [0.25, 0.3) is 0 Å². The van der Waals surface area contributed by atoms with E-state index in [9.17, 15) is 4.79 Å². The van der Waals surface area contributed by atoms with Crippen molar-refractivity contribution in [3.05, 3.63) is 0 Å². The van der Waals surface area contributed by atoms with Crippen molar-refractivity contribution >= 4 is 56.6 Å². The molecule has 0 heterocycles. The van der Waals surface area contributed by atoms with E-state index >= 15 is 0 Å². The van der Waals surface area contributed by atoms with Crippen LogP contribution in [-0.2, 0) is 4.74 Å². The van der Waals surface area contributed by atoms with Gasteiger partial charge in [0.2, 0.25) is 0 Å². The van der Waals surface area contributed by atoms with Crippen LogP contribution in [0.4, 0.5) is 4.79 Å². The van der Waals surface area contributed by atoms with Crippen LogP contribution in [0.3, 0.4) is 0 Å². The number of amides is 1. The smallest absolute Gasteiger partial charge is 0.409 e. The van der Waals surface area contributed by atoms with Crippen LogP contribution < -0.4 is 5.32 Å². The van der Waals surface area contributed by atoms with Crippen molar-refractivity contribution in [2.24, 2.45) is 0 Å². The summed E-state index contributed by atoms with van der Waals surface area (Å²) >= 11 is 16.7. The second-order valence-corrected chi connectivity index (χ2v) is 6.05. The molecule has 0 aliphatic carbocycles. The van der Waals surface area contributed by atoms with Gasteiger partial charge in [-0.2, -0.15) is 37.9 Å². The Hall–Kier alpha value is 0.670. The molecule has 0 rings (SSSR count). The first-order valence-electron chi connectivity index (χ1n) is 6.15. The third-order valence-corrected chi connectivity index (χ3v) is 3.66. The summed E-state index contributed by atoms with van der Waals surface area (Å²) < 4.78 is 5.10. The summed E-state index contributed by atoms with van der Waals surface area (Å²) in [5, 5.41) is 2.50. The molecule has 1 amide bonds. The highest BCUT2D eigenvalue weighted by Crippen LogP contribution is 2.10. The van der Waals surface area contributed by atoms with E-state index in [2.05, 4.69) is 55.8 Å². The molecule has 1 N–H and O–H groups in total. The molecule has 0 fully saturated rings. The molecule has 7 heteroatoms. The molecular weight excluding hydrogens is 306 g/mol. The maximum absolute atomic E-state index is 11.5. The number of unbranched alkanes of at least 4 members (excludes halogenated alkanes) is 2. The van der Waals surface area contributed by atoms with Gasteiger partial charge in [-0.05, 0) is 50.0 Å². The highest BCUT2D eigenvalue weighted by atomic mass is 32.1. The van der Waals surface area contributed by atoms with Crippen molar-refractivity contribution in [1.82, 2.24) is 5.32 Å². The fourth-order valence-electron chi connectivity index (χ4n) is 1.30. The lowest BCUT2D eigenvalue weighted by Gasteiger charge is -2.16. The van der Waals surface area contributed by atoms with Gasteiger partial charge in [-0.25, -0.2) is 4.79 Å². The Morgan fingerprint density at radius 1 is 1.00 bits per heavy atom. The summed E-state index contributed by atoms with van der Waals surface area (Å²) in [7, 11) is 0. The highest BCUT2D eigenvalue weighted by Gasteiger charge is 2.12. The van der Waals surface area contributed by atoms with Crippen molar-refractivity contribution < 1.29 is 9.53 Å². The zero-order valence-corrected chi connectivity index (χ0v) is 14.0. The lowest BCUT2D eigenvalue weighted by Crippen LogP contribution is -2.33. The number of rotatable bonds is 10. The molecular formula is C11H23NO2S4. The highest BCUT2D eigenvalue weighted by molar-refractivity contribution is 7.81. The van der Waals surface area contributed by atoms with Gasteiger partial charge in [0, 0.05) is 0 Å². The molecule has 0 saturated carbocycles. The molecule has 0 aliphatic rings. The third-order valence-electron chi connectivity index (χ3n) is 2.27. The van der Waals surface area contributed by atoms with Gasteiger partial charge in [0.05, 0.1) is 5.37 Å². The zero-order chi connectivity index (χ0) is 13.8. The molecule has 0 aliphatic heterocycles. The van der Waals surface area contributed by atoms with Gasteiger partial charge >= 0.3 is 6.09 Å². The summed E-state index contributed by atoms with van der Waals surface area (Å²) in [5.41, 5.74) is -0.358. The van der Waals surface area contributed by atoms with Crippen LogP contribution in [0, 0.1) is 0 Å². The monoisotopic (exact) mass is 329 g/mol. The Balaban J connectivity index is 3.61. The number of carbonyl (C=O) groups is 1. The molecule has 0 saturated heterocycles. The van der Waals surface area contributed by atoms with Gasteiger partial charge in [-0.1, -0.05) is 0 Å². The standard InChI is InChI=1S/C11H23NO2S4/c13-11(12-9(17)5-1-3-7-15)14-10(18)6-2-4-8-16/h9-10,15-18H,1-8H2,(H,12,13). The molecule has 0 bridgehead atoms. The summed E-state index contributed by atoms with van der Waals surface area (Å²) in [6.45, 7) is 0. The SMILES string of the molecule is O=C(NC(S)CCCCS)OC(S)CCCCS. The largest absolute Gasteiger partial charge is 0.435 e. The summed E-state index contributed by atoms with van der Waals surface area (Å²) in [4.78, 5) is 11.5. The molecule has 108 valence electrons. The fourth-order valence-corrected chi connectivity index (χ4v) is 2.32. The number of nitrogens with one attached hydrogen (secondary N) is 1. The molecule has 2 unspecified atom stereocenters. The van der Waals surface area contributed by atoms with E-state index in [4.69, 9.17) is 4.74 Å². The van der Waals surface area contributed by atoms with Crippen molar-refractivity contribution in [3.8, 4) is 0 Å². The summed E-state index contributed by atoms with van der Waals surface area (Å²) in [5.74, 6) is 1.70. The van der Waals surface area contributed by atoms with E-state index in [1.54, 1.807) is 0 Å². The van der Waals surface area contributed by atoms with Crippen molar-refractivity contribution in [3.63, 3.8) is 0 Å². The van der Waals surface area contributed by atoms with Crippen LogP contribution in [0.2, 0.25) is 0 Å².